The number of hydrazine groups is 1. The smallest absolute Gasteiger partial charge is 0.349 e. The standard InChI is InChI=1S/C16H10I2N2O3/c17-10-6-9-7-12(16(22)23-14(9)13(18)8-10)15(21)20-19-11-4-2-1-3-5-11/h1-8,19H,(H,20,21). The Morgan fingerprint density at radius 3 is 2.52 bits per heavy atom. The summed E-state index contributed by atoms with van der Waals surface area (Å²) < 4.78 is 7.13. The highest BCUT2D eigenvalue weighted by Crippen LogP contribution is 2.23. The van der Waals surface area contributed by atoms with Crippen LogP contribution in [0.25, 0.3) is 11.0 Å². The van der Waals surface area contributed by atoms with Gasteiger partial charge in [-0.1, -0.05) is 18.2 Å². The lowest BCUT2D eigenvalue weighted by atomic mass is 10.2. The SMILES string of the molecule is O=C(NNc1ccccc1)c1cc2cc(I)cc(I)c2oc1=O. The van der Waals surface area contributed by atoms with Crippen LogP contribution in [-0.2, 0) is 0 Å². The number of carbonyl (C=O) groups excluding carboxylic acids is 1. The van der Waals surface area contributed by atoms with Crippen LogP contribution in [0, 0.1) is 7.14 Å². The van der Waals surface area contributed by atoms with Crippen molar-refractivity contribution in [1.29, 1.82) is 0 Å². The first-order valence-electron chi connectivity index (χ1n) is 6.59. The molecule has 0 aliphatic heterocycles. The molecular weight excluding hydrogens is 522 g/mol. The predicted molar refractivity (Wildman–Crippen MR) is 105 cm³/mol. The van der Waals surface area contributed by atoms with E-state index in [-0.39, 0.29) is 5.56 Å². The Hall–Kier alpha value is -1.62. The Morgan fingerprint density at radius 2 is 1.78 bits per heavy atom. The summed E-state index contributed by atoms with van der Waals surface area (Å²) in [6.45, 7) is 0. The van der Waals surface area contributed by atoms with E-state index in [1.807, 2.05) is 30.3 Å². The molecule has 5 nitrogen and oxygen atoms in total. The van der Waals surface area contributed by atoms with Crippen molar-refractivity contribution in [3.63, 3.8) is 0 Å². The van der Waals surface area contributed by atoms with E-state index in [1.54, 1.807) is 18.2 Å². The molecular formula is C16H10I2N2O3. The molecule has 1 heterocycles. The molecule has 0 unspecified atom stereocenters. The molecule has 0 saturated carbocycles. The van der Waals surface area contributed by atoms with Gasteiger partial charge in [0.2, 0.25) is 0 Å². The highest BCUT2D eigenvalue weighted by atomic mass is 127. The summed E-state index contributed by atoms with van der Waals surface area (Å²) in [5.41, 5.74) is 5.76. The van der Waals surface area contributed by atoms with E-state index < -0.39 is 11.5 Å². The average molecular weight is 532 g/mol. The summed E-state index contributed by atoms with van der Waals surface area (Å²) >= 11 is 4.28. The van der Waals surface area contributed by atoms with Crippen LogP contribution in [0.4, 0.5) is 5.69 Å². The van der Waals surface area contributed by atoms with Gasteiger partial charge >= 0.3 is 5.63 Å². The molecule has 0 saturated heterocycles. The van der Waals surface area contributed by atoms with E-state index in [4.69, 9.17) is 4.42 Å². The van der Waals surface area contributed by atoms with Gasteiger partial charge in [0.05, 0.1) is 9.26 Å². The lowest BCUT2D eigenvalue weighted by Crippen LogP contribution is -2.32. The van der Waals surface area contributed by atoms with Crippen LogP contribution in [-0.4, -0.2) is 5.91 Å². The number of amides is 1. The van der Waals surface area contributed by atoms with Crippen LogP contribution < -0.4 is 16.5 Å². The van der Waals surface area contributed by atoms with Crippen molar-refractivity contribution in [2.45, 2.75) is 0 Å². The van der Waals surface area contributed by atoms with Gasteiger partial charge in [-0.2, -0.15) is 0 Å². The van der Waals surface area contributed by atoms with Gasteiger partial charge in [0.25, 0.3) is 5.91 Å². The molecule has 0 fully saturated rings. The van der Waals surface area contributed by atoms with Crippen molar-refractivity contribution < 1.29 is 9.21 Å². The van der Waals surface area contributed by atoms with Gasteiger partial charge in [-0.15, -0.1) is 0 Å². The maximum atomic E-state index is 12.2. The molecule has 3 rings (SSSR count). The van der Waals surface area contributed by atoms with E-state index in [0.29, 0.717) is 11.0 Å². The van der Waals surface area contributed by atoms with Crippen molar-refractivity contribution in [3.8, 4) is 0 Å². The molecule has 23 heavy (non-hydrogen) atoms. The lowest BCUT2D eigenvalue weighted by molar-refractivity contribution is 0.0959. The summed E-state index contributed by atoms with van der Waals surface area (Å²) in [5, 5.41) is 0.714. The Labute approximate surface area is 158 Å². The molecule has 0 radical (unpaired) electrons. The summed E-state index contributed by atoms with van der Waals surface area (Å²) in [6, 6.07) is 14.5. The Balaban J connectivity index is 1.91. The fourth-order valence-electron chi connectivity index (χ4n) is 2.03. The van der Waals surface area contributed by atoms with Crippen LogP contribution in [0.1, 0.15) is 10.4 Å². The topological polar surface area (TPSA) is 71.3 Å². The number of benzene rings is 2. The molecule has 0 aliphatic rings. The molecule has 0 bridgehead atoms. The monoisotopic (exact) mass is 532 g/mol. The second-order valence-electron chi connectivity index (χ2n) is 4.70. The van der Waals surface area contributed by atoms with E-state index in [1.165, 1.54) is 0 Å². The van der Waals surface area contributed by atoms with Gasteiger partial charge in [0.1, 0.15) is 5.56 Å². The van der Waals surface area contributed by atoms with Crippen LogP contribution in [0.5, 0.6) is 0 Å². The minimum Gasteiger partial charge on any atom is -0.421 e. The number of carbonyl (C=O) groups is 1. The Morgan fingerprint density at radius 1 is 1.04 bits per heavy atom. The number of halogens is 2. The van der Waals surface area contributed by atoms with Gasteiger partial charge in [0, 0.05) is 8.96 Å². The summed E-state index contributed by atoms with van der Waals surface area (Å²) in [5.74, 6) is -0.543. The number of fused-ring (bicyclic) bond motifs is 1. The van der Waals surface area contributed by atoms with E-state index in [0.717, 1.165) is 12.8 Å². The normalized spacial score (nSPS) is 10.5. The third kappa shape index (κ3) is 3.66. The molecule has 116 valence electrons. The Bertz CT molecular complexity index is 939. The molecule has 2 N–H and O–H groups in total. The van der Waals surface area contributed by atoms with Gasteiger partial charge in [-0.3, -0.25) is 15.6 Å². The second-order valence-corrected chi connectivity index (χ2v) is 7.11. The minimum atomic E-state index is -0.663. The maximum absolute atomic E-state index is 12.2. The third-order valence-corrected chi connectivity index (χ3v) is 4.51. The molecule has 2 aromatic carbocycles. The molecule has 3 aromatic rings. The van der Waals surface area contributed by atoms with Gasteiger partial charge in [-0.05, 0) is 75.5 Å². The molecule has 0 spiro atoms. The largest absolute Gasteiger partial charge is 0.421 e. The van der Waals surface area contributed by atoms with Crippen LogP contribution in [0.2, 0.25) is 0 Å². The summed E-state index contributed by atoms with van der Waals surface area (Å²) in [6.07, 6.45) is 0. The van der Waals surface area contributed by atoms with Gasteiger partial charge < -0.3 is 4.42 Å². The van der Waals surface area contributed by atoms with Crippen LogP contribution in [0.15, 0.2) is 57.7 Å². The zero-order valence-electron chi connectivity index (χ0n) is 11.6. The molecule has 0 atom stereocenters. The first-order chi connectivity index (χ1) is 11.0. The van der Waals surface area contributed by atoms with Crippen LogP contribution >= 0.6 is 45.2 Å². The number of hydrogen-bond donors (Lipinski definition) is 2. The first kappa shape index (κ1) is 16.2. The zero-order valence-corrected chi connectivity index (χ0v) is 15.9. The molecule has 0 aliphatic carbocycles. The van der Waals surface area contributed by atoms with Crippen molar-refractivity contribution in [2.75, 3.05) is 5.43 Å². The number of nitrogens with one attached hydrogen (secondary N) is 2. The van der Waals surface area contributed by atoms with Crippen molar-refractivity contribution in [3.05, 3.63) is 71.7 Å². The molecule has 1 amide bonds. The van der Waals surface area contributed by atoms with E-state index >= 15 is 0 Å². The van der Waals surface area contributed by atoms with Crippen molar-refractivity contribution in [1.82, 2.24) is 5.43 Å². The zero-order chi connectivity index (χ0) is 16.4. The highest BCUT2D eigenvalue weighted by Gasteiger charge is 2.15. The average Bonchev–Trinajstić information content (AvgIpc) is 2.54. The predicted octanol–water partition coefficient (Wildman–Crippen LogP) is 3.76. The number of anilines is 1. The number of hydrogen-bond acceptors (Lipinski definition) is 4. The van der Waals surface area contributed by atoms with E-state index in [2.05, 4.69) is 56.0 Å². The second kappa shape index (κ2) is 6.87. The van der Waals surface area contributed by atoms with E-state index in [9.17, 15) is 9.59 Å². The summed E-state index contributed by atoms with van der Waals surface area (Å²) in [7, 11) is 0. The highest BCUT2D eigenvalue weighted by molar-refractivity contribution is 14.1. The third-order valence-electron chi connectivity index (χ3n) is 3.09. The number of rotatable bonds is 3. The lowest BCUT2D eigenvalue weighted by Gasteiger charge is -2.08. The quantitative estimate of drug-likeness (QED) is 0.307. The maximum Gasteiger partial charge on any atom is 0.349 e. The van der Waals surface area contributed by atoms with Crippen molar-refractivity contribution in [2.24, 2.45) is 0 Å². The number of para-hydroxylation sites is 1. The summed E-state index contributed by atoms with van der Waals surface area (Å²) in [4.78, 5) is 24.3. The van der Waals surface area contributed by atoms with Crippen LogP contribution in [0.3, 0.4) is 0 Å². The van der Waals surface area contributed by atoms with Crippen molar-refractivity contribution >= 4 is 67.7 Å². The first-order valence-corrected chi connectivity index (χ1v) is 8.74. The minimum absolute atomic E-state index is 0.0428. The fraction of sp³-hybridized carbons (Fsp3) is 0. The Kier molecular flexibility index (Phi) is 4.85. The van der Waals surface area contributed by atoms with Gasteiger partial charge in [0.15, 0.2) is 5.58 Å². The molecule has 7 heteroatoms. The fourth-order valence-corrected chi connectivity index (χ4v) is 4.03. The van der Waals surface area contributed by atoms with Gasteiger partial charge in [-0.25, -0.2) is 4.79 Å². The molecule has 1 aromatic heterocycles.